The van der Waals surface area contributed by atoms with Gasteiger partial charge in [0.1, 0.15) is 11.3 Å². The van der Waals surface area contributed by atoms with Gasteiger partial charge in [0.2, 0.25) is 0 Å². The summed E-state index contributed by atoms with van der Waals surface area (Å²) < 4.78 is 5.94. The van der Waals surface area contributed by atoms with E-state index in [0.29, 0.717) is 11.5 Å². The first-order valence-electron chi connectivity index (χ1n) is 13.0. The number of fused-ring (bicyclic) bond motifs is 3. The van der Waals surface area contributed by atoms with Gasteiger partial charge in [-0.3, -0.25) is 4.79 Å². The van der Waals surface area contributed by atoms with Crippen LogP contribution in [-0.2, 0) is 20.1 Å². The van der Waals surface area contributed by atoms with E-state index in [0.717, 1.165) is 58.5 Å². The van der Waals surface area contributed by atoms with Crippen LogP contribution in [0.15, 0.2) is 64.9 Å². The minimum Gasteiger partial charge on any atom is -0.511 e. The Hall–Kier alpha value is -2.75. The van der Waals surface area contributed by atoms with Crippen molar-refractivity contribution in [1.29, 1.82) is 0 Å². The Balaban J connectivity index is 0.000000203. The molecule has 0 saturated carbocycles. The van der Waals surface area contributed by atoms with Crippen LogP contribution >= 0.6 is 0 Å². The zero-order valence-corrected chi connectivity index (χ0v) is 25.0. The van der Waals surface area contributed by atoms with Gasteiger partial charge in [-0.15, -0.1) is 17.5 Å². The SMILES string of the molecule is CCC(C)(CC)C(=[OH+])/C=C(\O)C(C)(CC)CC.[Ir].[c-]1ccc2oc3cccc4c5cccnc5c1c2c34. The van der Waals surface area contributed by atoms with Crippen molar-refractivity contribution >= 4 is 49.4 Å². The molecule has 197 valence electrons. The molecule has 1 radical (unpaired) electrons. The molecule has 0 atom stereocenters. The van der Waals surface area contributed by atoms with Crippen molar-refractivity contribution in [2.75, 3.05) is 0 Å². The predicted octanol–water partition coefficient (Wildman–Crippen LogP) is 9.15. The van der Waals surface area contributed by atoms with Crippen molar-refractivity contribution in [3.63, 3.8) is 0 Å². The van der Waals surface area contributed by atoms with Crippen molar-refractivity contribution in [1.82, 2.24) is 4.98 Å². The van der Waals surface area contributed by atoms with Gasteiger partial charge < -0.3 is 14.5 Å². The molecule has 0 aliphatic rings. The molecule has 5 heteroatoms. The van der Waals surface area contributed by atoms with E-state index < -0.39 is 0 Å². The van der Waals surface area contributed by atoms with Crippen LogP contribution in [0.5, 0.6) is 0 Å². The fraction of sp³-hybridized carbons (Fsp3) is 0.375. The van der Waals surface area contributed by atoms with Gasteiger partial charge in [0.25, 0.3) is 0 Å². The molecule has 2 heterocycles. The minimum atomic E-state index is -0.226. The van der Waals surface area contributed by atoms with E-state index in [2.05, 4.69) is 50.9 Å². The van der Waals surface area contributed by atoms with Gasteiger partial charge in [0.15, 0.2) is 0 Å². The van der Waals surface area contributed by atoms with Gasteiger partial charge in [0.05, 0.1) is 17.1 Å². The minimum absolute atomic E-state index is 0. The molecule has 5 rings (SSSR count). The van der Waals surface area contributed by atoms with Crippen LogP contribution in [-0.4, -0.2) is 20.7 Å². The average molecular weight is 676 g/mol. The largest absolute Gasteiger partial charge is 0.511 e. The normalized spacial score (nSPS) is 12.6. The van der Waals surface area contributed by atoms with Crippen molar-refractivity contribution in [3.8, 4) is 0 Å². The number of benzene rings is 3. The van der Waals surface area contributed by atoms with Crippen LogP contribution in [0.1, 0.15) is 67.2 Å². The molecule has 0 bridgehead atoms. The molecule has 4 nitrogen and oxygen atoms in total. The molecule has 0 unspecified atom stereocenters. The van der Waals surface area contributed by atoms with Crippen molar-refractivity contribution < 1.29 is 34.4 Å². The van der Waals surface area contributed by atoms with Gasteiger partial charge in [-0.05, 0) is 66.4 Å². The number of rotatable bonds is 7. The van der Waals surface area contributed by atoms with Crippen LogP contribution in [0.3, 0.4) is 0 Å². The Morgan fingerprint density at radius 3 is 2.19 bits per heavy atom. The molecule has 5 aromatic rings. The van der Waals surface area contributed by atoms with E-state index in [1.165, 1.54) is 10.8 Å². The molecule has 0 aliphatic heterocycles. The van der Waals surface area contributed by atoms with Gasteiger partial charge in [0, 0.05) is 31.7 Å². The second-order valence-electron chi connectivity index (χ2n) is 10.2. The number of hydrogen-bond acceptors (Lipinski definition) is 3. The maximum Gasteiger partial charge on any atom is 0.325 e. The van der Waals surface area contributed by atoms with Gasteiger partial charge in [-0.2, -0.15) is 0 Å². The third kappa shape index (κ3) is 5.04. The average Bonchev–Trinajstić information content (AvgIpc) is 3.31. The van der Waals surface area contributed by atoms with Crippen molar-refractivity contribution in [2.24, 2.45) is 10.8 Å². The van der Waals surface area contributed by atoms with E-state index in [4.69, 9.17) is 4.42 Å². The third-order valence-electron chi connectivity index (χ3n) is 8.42. The van der Waals surface area contributed by atoms with Crippen LogP contribution in [0, 0.1) is 16.9 Å². The standard InChI is InChI=1S/C17H8NO.C15H28O2.Ir/c1-4-10-11-6-3-9-18-17(11)12-5-2-8-14-16(12)15(10)13(7-1)19-14;1-7-14(5,8-2)12(16)11-13(17)15(6,9-3)10-4;/h1-4,6-9H;11,16H,7-10H2,1-6H3;/q-1;;/p+1/b;12-11-;. The maximum absolute atomic E-state index is 10.2. The second-order valence-corrected chi connectivity index (χ2v) is 10.2. The summed E-state index contributed by atoms with van der Waals surface area (Å²) in [6, 6.07) is 17.5. The summed E-state index contributed by atoms with van der Waals surface area (Å²) in [4.78, 5) is 14.7. The number of nitrogens with zero attached hydrogens (tertiary/aromatic N) is 1. The first kappa shape index (κ1) is 28.8. The van der Waals surface area contributed by atoms with E-state index in [9.17, 15) is 9.90 Å². The molecule has 2 aromatic heterocycles. The third-order valence-corrected chi connectivity index (χ3v) is 8.42. The molecule has 0 amide bonds. The van der Waals surface area contributed by atoms with Gasteiger partial charge >= 0.3 is 5.78 Å². The number of allylic oxidation sites excluding steroid dienone is 2. The predicted molar refractivity (Wildman–Crippen MR) is 152 cm³/mol. The summed E-state index contributed by atoms with van der Waals surface area (Å²) in [5.74, 6) is 0.598. The topological polar surface area (TPSA) is 67.7 Å². The van der Waals surface area contributed by atoms with E-state index in [1.807, 2.05) is 50.4 Å². The van der Waals surface area contributed by atoms with E-state index >= 15 is 0 Å². The molecular weight excluding hydrogens is 639 g/mol. The number of aromatic nitrogens is 1. The molecule has 0 aliphatic carbocycles. The number of aliphatic hydroxyl groups excluding tert-OH is 1. The number of carbonyl (C=O) groups excluding carboxylic acids is 1. The summed E-state index contributed by atoms with van der Waals surface area (Å²) in [5.41, 5.74) is 2.39. The van der Waals surface area contributed by atoms with Crippen LogP contribution in [0.2, 0.25) is 0 Å². The molecule has 0 fully saturated rings. The smallest absolute Gasteiger partial charge is 0.325 e. The van der Waals surface area contributed by atoms with Gasteiger partial charge in [-0.1, -0.05) is 64.3 Å². The fourth-order valence-electron chi connectivity index (χ4n) is 4.74. The number of pyridine rings is 1. The Morgan fingerprint density at radius 2 is 1.54 bits per heavy atom. The number of hydrogen-bond donors (Lipinski definition) is 1. The second kappa shape index (κ2) is 11.3. The number of aliphatic hydroxyl groups is 1. The first-order valence-corrected chi connectivity index (χ1v) is 13.0. The summed E-state index contributed by atoms with van der Waals surface area (Å²) in [5, 5.41) is 15.9. The Morgan fingerprint density at radius 1 is 0.919 bits per heavy atom. The molecule has 3 aromatic carbocycles. The Kier molecular flexibility index (Phi) is 8.82. The van der Waals surface area contributed by atoms with Crippen molar-refractivity contribution in [2.45, 2.75) is 67.2 Å². The maximum atomic E-state index is 10.2. The van der Waals surface area contributed by atoms with Gasteiger partial charge in [-0.25, -0.2) is 0 Å². The van der Waals surface area contributed by atoms with Crippen LogP contribution in [0.25, 0.3) is 43.6 Å². The molecule has 0 spiro atoms. The van der Waals surface area contributed by atoms with E-state index in [1.54, 1.807) is 6.08 Å². The molecule has 0 saturated heterocycles. The zero-order chi connectivity index (χ0) is 26.1. The van der Waals surface area contributed by atoms with E-state index in [-0.39, 0.29) is 30.9 Å². The van der Waals surface area contributed by atoms with Crippen LogP contribution < -0.4 is 0 Å². The molecule has 2 N–H and O–H groups in total. The quantitative estimate of drug-likeness (QED) is 0.0615. The Labute approximate surface area is 232 Å². The van der Waals surface area contributed by atoms with Crippen LogP contribution in [0.4, 0.5) is 0 Å². The first-order chi connectivity index (χ1) is 17.2. The zero-order valence-electron chi connectivity index (χ0n) is 22.6. The molecular formula is C32H37IrNO3. The summed E-state index contributed by atoms with van der Waals surface area (Å²) in [7, 11) is 0. The number of ketones is 1. The summed E-state index contributed by atoms with van der Waals surface area (Å²) in [6.45, 7) is 12.3. The van der Waals surface area contributed by atoms with Crippen molar-refractivity contribution in [3.05, 3.63) is 66.6 Å². The molecule has 37 heavy (non-hydrogen) atoms. The Bertz CT molecular complexity index is 1460. The number of furan rings is 1. The fourth-order valence-corrected chi connectivity index (χ4v) is 4.74. The summed E-state index contributed by atoms with van der Waals surface area (Å²) in [6.07, 6.45) is 6.88. The summed E-state index contributed by atoms with van der Waals surface area (Å²) >= 11 is 0. The monoisotopic (exact) mass is 676 g/mol.